The first-order valence-electron chi connectivity index (χ1n) is 9.56. The molecule has 2 aromatic heterocycles. The molecule has 0 bridgehead atoms. The molecule has 1 aromatic carbocycles. The lowest BCUT2D eigenvalue weighted by Gasteiger charge is -2.23. The Morgan fingerprint density at radius 3 is 2.59 bits per heavy atom. The van der Waals surface area contributed by atoms with Gasteiger partial charge >= 0.3 is 0 Å². The van der Waals surface area contributed by atoms with Crippen LogP contribution in [0.15, 0.2) is 45.6 Å². The Labute approximate surface area is 211 Å². The van der Waals surface area contributed by atoms with Crippen LogP contribution in [-0.2, 0) is 0 Å². The number of pyridine rings is 1. The summed E-state index contributed by atoms with van der Waals surface area (Å²) >= 11 is 19.3. The number of carbonyl (C=O) groups excluding carboxylic acids is 2. The Hall–Kier alpha value is -1.94. The number of hydrogen-bond acceptors (Lipinski definition) is 4. The third kappa shape index (κ3) is 4.57. The molecule has 1 aliphatic carbocycles. The molecule has 0 atom stereocenters. The highest BCUT2D eigenvalue weighted by Crippen LogP contribution is 2.38. The van der Waals surface area contributed by atoms with Crippen LogP contribution in [0.5, 0.6) is 0 Å². The van der Waals surface area contributed by atoms with E-state index in [9.17, 15) is 9.59 Å². The summed E-state index contributed by atoms with van der Waals surface area (Å²) < 4.78 is 2.30. The van der Waals surface area contributed by atoms with E-state index in [0.29, 0.717) is 30.6 Å². The lowest BCUT2D eigenvalue weighted by molar-refractivity contribution is 0.0936. The van der Waals surface area contributed by atoms with Crippen LogP contribution < -0.4 is 10.2 Å². The predicted octanol–water partition coefficient (Wildman–Crippen LogP) is 5.66. The smallest absolute Gasteiger partial charge is 0.276 e. The average molecular weight is 602 g/mol. The second-order valence-corrected chi connectivity index (χ2v) is 10.2. The second-order valence-electron chi connectivity index (χ2n) is 7.74. The lowest BCUT2D eigenvalue weighted by Crippen LogP contribution is -2.36. The quantitative estimate of drug-likeness (QED) is 0.409. The highest BCUT2D eigenvalue weighted by Gasteiger charge is 2.39. The number of halogens is 4. The maximum Gasteiger partial charge on any atom is 0.276 e. The summed E-state index contributed by atoms with van der Waals surface area (Å²) in [6.07, 6.45) is 3.37. The molecular weight excluding hydrogens is 585 g/mol. The van der Waals surface area contributed by atoms with Crippen molar-refractivity contribution < 1.29 is 9.59 Å². The van der Waals surface area contributed by atoms with Gasteiger partial charge < -0.3 is 10.2 Å². The number of rotatable bonds is 5. The van der Waals surface area contributed by atoms with Crippen LogP contribution in [0, 0.1) is 0 Å². The fraction of sp³-hybridized carbons (Fsp3) is 0.238. The van der Waals surface area contributed by atoms with E-state index in [1.54, 1.807) is 43.6 Å². The molecule has 7 nitrogen and oxygen atoms in total. The lowest BCUT2D eigenvalue weighted by atomic mass is 10.1. The molecule has 2 heterocycles. The maximum atomic E-state index is 13.6. The fourth-order valence-corrected chi connectivity index (χ4v) is 4.86. The van der Waals surface area contributed by atoms with Crippen LogP contribution in [0.4, 0.5) is 5.69 Å². The van der Waals surface area contributed by atoms with Gasteiger partial charge in [0.1, 0.15) is 10.3 Å². The summed E-state index contributed by atoms with van der Waals surface area (Å²) in [5.41, 5.74) is 0.652. The molecule has 32 heavy (non-hydrogen) atoms. The zero-order valence-corrected chi connectivity index (χ0v) is 21.7. The van der Waals surface area contributed by atoms with Crippen molar-refractivity contribution >= 4 is 72.6 Å². The molecule has 0 radical (unpaired) electrons. The Balaban J connectivity index is 1.76. The first kappa shape index (κ1) is 23.2. The summed E-state index contributed by atoms with van der Waals surface area (Å²) in [6.45, 7) is 1.98. The molecule has 0 aliphatic heterocycles. The highest BCUT2D eigenvalue weighted by atomic mass is 79.9. The number of anilines is 1. The molecule has 1 saturated carbocycles. The molecule has 4 rings (SSSR count). The van der Waals surface area contributed by atoms with Gasteiger partial charge in [-0.1, -0.05) is 23.2 Å². The molecule has 0 spiro atoms. The van der Waals surface area contributed by atoms with E-state index in [4.69, 9.17) is 23.2 Å². The third-order valence-corrected chi connectivity index (χ3v) is 6.67. The van der Waals surface area contributed by atoms with Crippen molar-refractivity contribution in [1.82, 2.24) is 20.1 Å². The molecule has 3 aromatic rings. The van der Waals surface area contributed by atoms with Crippen molar-refractivity contribution in [3.63, 3.8) is 0 Å². The number of amides is 2. The number of nitrogens with zero attached hydrogens (tertiary/aromatic N) is 4. The van der Waals surface area contributed by atoms with Crippen LogP contribution in [0.3, 0.4) is 0 Å². The molecular formula is C21H17Br2Cl2N5O2. The Morgan fingerprint density at radius 2 is 1.94 bits per heavy atom. The van der Waals surface area contributed by atoms with Gasteiger partial charge in [-0.15, -0.1) is 0 Å². The third-order valence-electron chi connectivity index (χ3n) is 5.17. The van der Waals surface area contributed by atoms with Gasteiger partial charge in [0.05, 0.1) is 16.3 Å². The second kappa shape index (κ2) is 8.78. The van der Waals surface area contributed by atoms with Crippen molar-refractivity contribution in [2.45, 2.75) is 25.3 Å². The van der Waals surface area contributed by atoms with E-state index >= 15 is 0 Å². The Kier molecular flexibility index (Phi) is 6.37. The number of aromatic nitrogens is 3. The summed E-state index contributed by atoms with van der Waals surface area (Å²) in [5, 5.41) is 8.05. The Morgan fingerprint density at radius 1 is 1.22 bits per heavy atom. The molecule has 0 saturated heterocycles. The molecule has 1 fully saturated rings. The number of nitrogens with one attached hydrogen (secondary N) is 1. The SMILES string of the molecule is CN(C(=O)c1cc(Br)nn1-c1ncccc1Cl)c1c(Br)cc(Cl)cc1C(=O)NC1(C)CC1. The van der Waals surface area contributed by atoms with Crippen molar-refractivity contribution in [1.29, 1.82) is 0 Å². The summed E-state index contributed by atoms with van der Waals surface area (Å²) in [5.74, 6) is -0.406. The monoisotopic (exact) mass is 599 g/mol. The Bertz CT molecular complexity index is 1240. The summed E-state index contributed by atoms with van der Waals surface area (Å²) in [4.78, 5) is 32.2. The van der Waals surface area contributed by atoms with Gasteiger partial charge in [-0.05, 0) is 75.9 Å². The number of carbonyl (C=O) groups is 2. The normalized spacial score (nSPS) is 14.2. The number of benzene rings is 1. The van der Waals surface area contributed by atoms with Crippen LogP contribution in [-0.4, -0.2) is 39.2 Å². The minimum Gasteiger partial charge on any atom is -0.347 e. The van der Waals surface area contributed by atoms with Gasteiger partial charge in [-0.2, -0.15) is 5.10 Å². The average Bonchev–Trinajstić information content (AvgIpc) is 3.32. The van der Waals surface area contributed by atoms with Gasteiger partial charge in [-0.3, -0.25) is 9.59 Å². The summed E-state index contributed by atoms with van der Waals surface area (Å²) in [6, 6.07) is 8.11. The van der Waals surface area contributed by atoms with E-state index in [1.165, 1.54) is 9.58 Å². The van der Waals surface area contributed by atoms with Crippen LogP contribution in [0.2, 0.25) is 10.0 Å². The van der Waals surface area contributed by atoms with Crippen LogP contribution in [0.25, 0.3) is 5.82 Å². The molecule has 1 N–H and O–H groups in total. The fourth-order valence-electron chi connectivity index (χ4n) is 3.21. The van der Waals surface area contributed by atoms with Crippen molar-refractivity contribution in [2.24, 2.45) is 0 Å². The zero-order chi connectivity index (χ0) is 23.2. The largest absolute Gasteiger partial charge is 0.347 e. The van der Waals surface area contributed by atoms with Gasteiger partial charge in [0, 0.05) is 34.3 Å². The molecule has 0 unspecified atom stereocenters. The maximum absolute atomic E-state index is 13.6. The molecule has 166 valence electrons. The van der Waals surface area contributed by atoms with Gasteiger partial charge in [0.15, 0.2) is 5.82 Å². The van der Waals surface area contributed by atoms with E-state index in [0.717, 1.165) is 12.8 Å². The standard InChI is InChI=1S/C21H17Br2Cl2N5O2/c1-21(5-6-21)27-19(31)12-8-11(24)9-13(22)17(12)29(2)20(32)15-10-16(23)28-30(15)18-14(25)4-3-7-26-18/h3-4,7-10H,5-6H2,1-2H3,(H,27,31). The minimum absolute atomic E-state index is 0.210. The van der Waals surface area contributed by atoms with Crippen molar-refractivity contribution in [3.05, 3.63) is 66.9 Å². The predicted molar refractivity (Wildman–Crippen MR) is 131 cm³/mol. The van der Waals surface area contributed by atoms with Gasteiger partial charge in [-0.25, -0.2) is 9.67 Å². The van der Waals surface area contributed by atoms with Crippen LogP contribution >= 0.6 is 55.1 Å². The molecule has 11 heteroatoms. The van der Waals surface area contributed by atoms with E-state index in [1.807, 2.05) is 6.92 Å². The zero-order valence-electron chi connectivity index (χ0n) is 17.0. The van der Waals surface area contributed by atoms with Gasteiger partial charge in [0.25, 0.3) is 11.8 Å². The molecule has 2 amide bonds. The first-order chi connectivity index (χ1) is 15.1. The van der Waals surface area contributed by atoms with E-state index < -0.39 is 5.91 Å². The van der Waals surface area contributed by atoms with Crippen LogP contribution in [0.1, 0.15) is 40.6 Å². The molecule has 1 aliphatic rings. The highest BCUT2D eigenvalue weighted by molar-refractivity contribution is 9.10. The van der Waals surface area contributed by atoms with E-state index in [-0.39, 0.29) is 22.7 Å². The topological polar surface area (TPSA) is 80.1 Å². The van der Waals surface area contributed by atoms with Crippen molar-refractivity contribution in [3.8, 4) is 5.82 Å². The number of hydrogen-bond donors (Lipinski definition) is 1. The van der Waals surface area contributed by atoms with E-state index in [2.05, 4.69) is 47.3 Å². The van der Waals surface area contributed by atoms with Gasteiger partial charge in [0.2, 0.25) is 0 Å². The minimum atomic E-state index is -0.417. The van der Waals surface area contributed by atoms with Crippen molar-refractivity contribution in [2.75, 3.05) is 11.9 Å². The first-order valence-corrected chi connectivity index (χ1v) is 11.9. The summed E-state index contributed by atoms with van der Waals surface area (Å²) in [7, 11) is 1.58.